The number of nitrogens with one attached hydrogen (secondary N) is 4. The molecule has 4 heterocycles. The second kappa shape index (κ2) is 7.66. The fourth-order valence-corrected chi connectivity index (χ4v) is 3.84. The lowest BCUT2D eigenvalue weighted by Crippen LogP contribution is -1.86. The highest BCUT2D eigenvalue weighted by molar-refractivity contribution is 5.81. The average Bonchev–Trinajstić information content (AvgIpc) is 3.61. The van der Waals surface area contributed by atoms with Gasteiger partial charge in [-0.1, -0.05) is 12.2 Å². The van der Waals surface area contributed by atoms with Crippen molar-refractivity contribution in [3.05, 3.63) is 85.0 Å². The zero-order chi connectivity index (χ0) is 21.3. The molecule has 0 amide bonds. The first kappa shape index (κ1) is 18.3. The van der Waals surface area contributed by atoms with Crippen LogP contribution in [0.1, 0.15) is 11.6 Å². The van der Waals surface area contributed by atoms with Gasteiger partial charge in [0.25, 0.3) is 0 Å². The number of fused-ring (bicyclic) bond motifs is 2. The fourth-order valence-electron chi connectivity index (χ4n) is 3.84. The Bertz CT molecular complexity index is 1400. The average molecular weight is 420 g/mol. The van der Waals surface area contributed by atoms with Gasteiger partial charge in [-0.25, -0.2) is 19.9 Å². The Labute approximate surface area is 182 Å². The van der Waals surface area contributed by atoms with Crippen LogP contribution in [0.2, 0.25) is 0 Å². The van der Waals surface area contributed by atoms with Gasteiger partial charge in [0.2, 0.25) is 0 Å². The number of aromatic amines is 4. The van der Waals surface area contributed by atoms with E-state index in [9.17, 15) is 0 Å². The summed E-state index contributed by atoms with van der Waals surface area (Å²) >= 11 is 0. The maximum atomic E-state index is 4.72. The standard InChI is InChI=1S/C24H20N8/c1(3-21-29-17-7-5-15(13-19(17)31-21)23-25-9-10-26-23)2-4-22-30-18-8-6-16(14-20(18)32-22)24-27-11-12-28-24/h1-2,5-14H,3-4H2,(H,25,26)(H,27,28)(H,29,31)(H,30,32)/b2-1+. The highest BCUT2D eigenvalue weighted by Gasteiger charge is 2.07. The second-order valence-corrected chi connectivity index (χ2v) is 7.59. The van der Waals surface area contributed by atoms with Crippen LogP contribution >= 0.6 is 0 Å². The van der Waals surface area contributed by atoms with Crippen LogP contribution in [0, 0.1) is 0 Å². The molecule has 6 rings (SSSR count). The minimum absolute atomic E-state index is 0.730. The van der Waals surface area contributed by atoms with E-state index in [2.05, 4.69) is 42.1 Å². The summed E-state index contributed by atoms with van der Waals surface area (Å²) in [6.07, 6.45) is 12.8. The summed E-state index contributed by atoms with van der Waals surface area (Å²) in [6.45, 7) is 0. The highest BCUT2D eigenvalue weighted by Crippen LogP contribution is 2.22. The number of hydrogen-bond acceptors (Lipinski definition) is 4. The van der Waals surface area contributed by atoms with Crippen molar-refractivity contribution in [2.45, 2.75) is 12.8 Å². The smallest absolute Gasteiger partial charge is 0.137 e. The lowest BCUT2D eigenvalue weighted by Gasteiger charge is -1.95. The zero-order valence-electron chi connectivity index (χ0n) is 17.1. The highest BCUT2D eigenvalue weighted by atomic mass is 14.9. The molecular weight excluding hydrogens is 400 g/mol. The lowest BCUT2D eigenvalue weighted by atomic mass is 10.2. The molecule has 4 N–H and O–H groups in total. The Balaban J connectivity index is 1.14. The molecule has 4 aromatic heterocycles. The molecule has 0 unspecified atom stereocenters. The third-order valence-corrected chi connectivity index (χ3v) is 5.40. The number of imidazole rings is 4. The van der Waals surface area contributed by atoms with Crippen LogP contribution < -0.4 is 0 Å². The van der Waals surface area contributed by atoms with Crippen LogP contribution in [0.15, 0.2) is 73.3 Å². The van der Waals surface area contributed by atoms with E-state index in [0.29, 0.717) is 0 Å². The molecule has 0 fully saturated rings. The van der Waals surface area contributed by atoms with Crippen LogP contribution in [0.4, 0.5) is 0 Å². The number of H-pyrrole nitrogens is 4. The summed E-state index contributed by atoms with van der Waals surface area (Å²) in [5, 5.41) is 0. The van der Waals surface area contributed by atoms with Crippen molar-refractivity contribution in [1.82, 2.24) is 39.9 Å². The molecule has 0 aliphatic rings. The van der Waals surface area contributed by atoms with Crippen LogP contribution in [0.25, 0.3) is 44.8 Å². The van der Waals surface area contributed by atoms with Crippen LogP contribution in [0.3, 0.4) is 0 Å². The first-order chi connectivity index (χ1) is 15.8. The Morgan fingerprint density at radius 2 is 1.16 bits per heavy atom. The van der Waals surface area contributed by atoms with Gasteiger partial charge in [-0.2, -0.15) is 0 Å². The van der Waals surface area contributed by atoms with E-state index in [1.54, 1.807) is 12.4 Å². The Kier molecular flexibility index (Phi) is 4.39. The van der Waals surface area contributed by atoms with Crippen molar-refractivity contribution in [2.24, 2.45) is 0 Å². The molecule has 0 aliphatic carbocycles. The Morgan fingerprint density at radius 1 is 0.656 bits per heavy atom. The zero-order valence-corrected chi connectivity index (χ0v) is 17.1. The first-order valence-electron chi connectivity index (χ1n) is 10.4. The van der Waals surface area contributed by atoms with E-state index in [4.69, 9.17) is 9.97 Å². The van der Waals surface area contributed by atoms with E-state index < -0.39 is 0 Å². The van der Waals surface area contributed by atoms with Crippen molar-refractivity contribution in [2.75, 3.05) is 0 Å². The Morgan fingerprint density at radius 3 is 1.59 bits per heavy atom. The molecular formula is C24H20N8. The van der Waals surface area contributed by atoms with E-state index in [1.165, 1.54) is 0 Å². The minimum Gasteiger partial charge on any atom is -0.345 e. The van der Waals surface area contributed by atoms with Crippen molar-refractivity contribution in [3.8, 4) is 22.8 Å². The summed E-state index contributed by atoms with van der Waals surface area (Å²) in [7, 11) is 0. The summed E-state index contributed by atoms with van der Waals surface area (Å²) in [5.74, 6) is 3.55. The predicted molar refractivity (Wildman–Crippen MR) is 124 cm³/mol. The molecule has 8 heteroatoms. The molecule has 0 bridgehead atoms. The van der Waals surface area contributed by atoms with Gasteiger partial charge >= 0.3 is 0 Å². The first-order valence-corrected chi connectivity index (χ1v) is 10.4. The Hall–Kier alpha value is -4.46. The van der Waals surface area contributed by atoms with Crippen molar-refractivity contribution >= 4 is 22.1 Å². The minimum atomic E-state index is 0.730. The van der Waals surface area contributed by atoms with E-state index in [-0.39, 0.29) is 0 Å². The molecule has 0 radical (unpaired) electrons. The fraction of sp³-hybridized carbons (Fsp3) is 0.0833. The molecule has 0 atom stereocenters. The monoisotopic (exact) mass is 420 g/mol. The van der Waals surface area contributed by atoms with Gasteiger partial charge in [0.15, 0.2) is 0 Å². The summed E-state index contributed by atoms with van der Waals surface area (Å²) in [5.41, 5.74) is 5.97. The van der Waals surface area contributed by atoms with Crippen LogP contribution in [0.5, 0.6) is 0 Å². The van der Waals surface area contributed by atoms with Gasteiger partial charge in [0, 0.05) is 48.8 Å². The second-order valence-electron chi connectivity index (χ2n) is 7.59. The van der Waals surface area contributed by atoms with Gasteiger partial charge in [-0.3, -0.25) is 0 Å². The van der Waals surface area contributed by atoms with Crippen LogP contribution in [-0.2, 0) is 12.8 Å². The summed E-state index contributed by atoms with van der Waals surface area (Å²) in [6, 6.07) is 12.2. The topological polar surface area (TPSA) is 115 Å². The number of rotatable bonds is 6. The molecule has 2 aromatic carbocycles. The largest absolute Gasteiger partial charge is 0.345 e. The molecule has 156 valence electrons. The number of aromatic nitrogens is 8. The normalized spacial score (nSPS) is 11.9. The van der Waals surface area contributed by atoms with Crippen molar-refractivity contribution in [1.29, 1.82) is 0 Å². The number of nitrogens with zero attached hydrogens (tertiary/aromatic N) is 4. The molecule has 0 saturated carbocycles. The van der Waals surface area contributed by atoms with E-state index >= 15 is 0 Å². The summed E-state index contributed by atoms with van der Waals surface area (Å²) in [4.78, 5) is 31.1. The number of allylic oxidation sites excluding steroid dienone is 2. The SMILES string of the molecule is C(=C\Cc1nc2cc(-c3ncc[nH]3)ccc2[nH]1)/Cc1nc2cc(-c3ncc[nH]3)ccc2[nH]1. The third kappa shape index (κ3) is 3.47. The third-order valence-electron chi connectivity index (χ3n) is 5.40. The predicted octanol–water partition coefficient (Wildman–Crippen LogP) is 4.56. The molecule has 0 saturated heterocycles. The van der Waals surface area contributed by atoms with E-state index in [0.717, 1.165) is 69.3 Å². The van der Waals surface area contributed by atoms with Crippen LogP contribution in [-0.4, -0.2) is 39.9 Å². The molecule has 0 aliphatic heterocycles. The molecule has 6 aromatic rings. The van der Waals surface area contributed by atoms with Gasteiger partial charge in [-0.15, -0.1) is 0 Å². The quantitative estimate of drug-likeness (QED) is 0.296. The number of benzene rings is 2. The lowest BCUT2D eigenvalue weighted by molar-refractivity contribution is 1.04. The van der Waals surface area contributed by atoms with Crippen molar-refractivity contribution < 1.29 is 0 Å². The van der Waals surface area contributed by atoms with Crippen molar-refractivity contribution in [3.63, 3.8) is 0 Å². The maximum Gasteiger partial charge on any atom is 0.137 e. The van der Waals surface area contributed by atoms with Gasteiger partial charge in [0.05, 0.1) is 22.1 Å². The molecule has 0 spiro atoms. The summed E-state index contributed by atoms with van der Waals surface area (Å²) < 4.78 is 0. The molecule has 32 heavy (non-hydrogen) atoms. The van der Waals surface area contributed by atoms with E-state index in [1.807, 2.05) is 48.8 Å². The number of hydrogen-bond donors (Lipinski definition) is 4. The van der Waals surface area contributed by atoms with Gasteiger partial charge in [-0.05, 0) is 36.4 Å². The maximum absolute atomic E-state index is 4.72. The molecule has 8 nitrogen and oxygen atoms in total. The van der Waals surface area contributed by atoms with Gasteiger partial charge < -0.3 is 19.9 Å². The van der Waals surface area contributed by atoms with Gasteiger partial charge in [0.1, 0.15) is 23.3 Å².